The van der Waals surface area contributed by atoms with E-state index in [0.29, 0.717) is 16.9 Å². The SMILES string of the molecule is CCS[C@@H]1O[C@@H]2COC(=O)c3cc(O)c(OCc4ccccc4)c(O)c3-c3c(cc(O)c(OCc4ccccc4)c3O)C(=O)O[C@H]2[C@H](OCc2ccccc2)[C@H]1OCc1ccccc1. The summed E-state index contributed by atoms with van der Waals surface area (Å²) >= 11 is 1.43. The van der Waals surface area contributed by atoms with Gasteiger partial charge in [-0.3, -0.25) is 0 Å². The van der Waals surface area contributed by atoms with Crippen molar-refractivity contribution in [3.63, 3.8) is 0 Å². The second kappa shape index (κ2) is 20.2. The summed E-state index contributed by atoms with van der Waals surface area (Å²) in [6, 6.07) is 38.8. The molecule has 0 spiro atoms. The number of esters is 2. The van der Waals surface area contributed by atoms with Gasteiger partial charge < -0.3 is 53.6 Å². The number of aromatic hydroxyl groups is 4. The number of ether oxygens (including phenoxy) is 7. The lowest BCUT2D eigenvalue weighted by Crippen LogP contribution is -2.61. The van der Waals surface area contributed by atoms with E-state index in [4.69, 9.17) is 33.2 Å². The lowest BCUT2D eigenvalue weighted by atomic mass is 9.91. The van der Waals surface area contributed by atoms with Crippen molar-refractivity contribution in [3.05, 3.63) is 167 Å². The van der Waals surface area contributed by atoms with Gasteiger partial charge in [0.1, 0.15) is 43.6 Å². The second-order valence-electron chi connectivity index (χ2n) is 15.0. The number of thioether (sulfide) groups is 1. The minimum absolute atomic E-state index is 0.0748. The van der Waals surface area contributed by atoms with E-state index in [9.17, 15) is 30.0 Å². The molecule has 0 amide bonds. The lowest BCUT2D eigenvalue weighted by molar-refractivity contribution is -0.237. The molecule has 64 heavy (non-hydrogen) atoms. The minimum atomic E-state index is -1.32. The van der Waals surface area contributed by atoms with Crippen LogP contribution in [-0.2, 0) is 50.1 Å². The third-order valence-corrected chi connectivity index (χ3v) is 11.8. The van der Waals surface area contributed by atoms with Crippen LogP contribution in [0.2, 0.25) is 0 Å². The van der Waals surface area contributed by atoms with Gasteiger partial charge in [0.2, 0.25) is 11.5 Å². The van der Waals surface area contributed by atoms with E-state index in [2.05, 4.69) is 0 Å². The van der Waals surface area contributed by atoms with Crippen LogP contribution >= 0.6 is 11.8 Å². The summed E-state index contributed by atoms with van der Waals surface area (Å²) in [5, 5.41) is 47.1. The zero-order chi connectivity index (χ0) is 44.6. The summed E-state index contributed by atoms with van der Waals surface area (Å²) in [6.07, 6.45) is -4.35. The highest BCUT2D eigenvalue weighted by molar-refractivity contribution is 7.99. The van der Waals surface area contributed by atoms with Gasteiger partial charge >= 0.3 is 11.9 Å². The highest BCUT2D eigenvalue weighted by Crippen LogP contribution is 2.54. The van der Waals surface area contributed by atoms with Crippen molar-refractivity contribution in [2.75, 3.05) is 12.4 Å². The van der Waals surface area contributed by atoms with E-state index in [1.54, 1.807) is 48.5 Å². The molecule has 5 atom stereocenters. The molecule has 4 N–H and O–H groups in total. The molecule has 330 valence electrons. The number of rotatable bonds is 14. The van der Waals surface area contributed by atoms with Gasteiger partial charge in [0.05, 0.1) is 24.3 Å². The summed E-state index contributed by atoms with van der Waals surface area (Å²) in [5.74, 6) is -5.46. The van der Waals surface area contributed by atoms with Gasteiger partial charge in [0.25, 0.3) is 0 Å². The van der Waals surface area contributed by atoms with E-state index in [-0.39, 0.29) is 26.4 Å². The Morgan fingerprint density at radius 3 is 1.45 bits per heavy atom. The van der Waals surface area contributed by atoms with Crippen molar-refractivity contribution < 1.29 is 63.2 Å². The molecule has 0 bridgehead atoms. The molecule has 0 saturated carbocycles. The van der Waals surface area contributed by atoms with Crippen molar-refractivity contribution >= 4 is 23.7 Å². The predicted octanol–water partition coefficient (Wildman–Crippen LogP) is 8.68. The molecular weight excluding hydrogens is 841 g/mol. The highest BCUT2D eigenvalue weighted by atomic mass is 32.2. The molecule has 14 heteroatoms. The maximum Gasteiger partial charge on any atom is 0.339 e. The number of carbonyl (C=O) groups is 2. The molecular formula is C50H46O13S. The summed E-state index contributed by atoms with van der Waals surface area (Å²) in [4.78, 5) is 29.3. The Bertz CT molecular complexity index is 2540. The summed E-state index contributed by atoms with van der Waals surface area (Å²) < 4.78 is 44.0. The highest BCUT2D eigenvalue weighted by Gasteiger charge is 2.51. The minimum Gasteiger partial charge on any atom is -0.504 e. The Hall–Kier alpha value is -6.71. The van der Waals surface area contributed by atoms with E-state index in [1.807, 2.05) is 79.7 Å². The van der Waals surface area contributed by atoms with Gasteiger partial charge in [-0.25, -0.2) is 9.59 Å². The Labute approximate surface area is 373 Å². The van der Waals surface area contributed by atoms with Crippen LogP contribution in [0.4, 0.5) is 0 Å². The van der Waals surface area contributed by atoms with Crippen LogP contribution in [0.15, 0.2) is 133 Å². The van der Waals surface area contributed by atoms with E-state index in [0.717, 1.165) is 23.3 Å². The molecule has 6 aromatic rings. The van der Waals surface area contributed by atoms with E-state index < -0.39 is 105 Å². The molecule has 2 aliphatic rings. The largest absolute Gasteiger partial charge is 0.504 e. The fraction of sp³-hybridized carbons (Fsp3) is 0.240. The smallest absolute Gasteiger partial charge is 0.339 e. The Morgan fingerprint density at radius 2 is 1.00 bits per heavy atom. The molecule has 0 aromatic heterocycles. The predicted molar refractivity (Wildman–Crippen MR) is 236 cm³/mol. The van der Waals surface area contributed by atoms with Crippen LogP contribution in [0.1, 0.15) is 49.9 Å². The molecule has 0 unspecified atom stereocenters. The van der Waals surface area contributed by atoms with Gasteiger partial charge in [-0.2, -0.15) is 0 Å². The first-order chi connectivity index (χ1) is 31.2. The molecule has 2 aliphatic heterocycles. The second-order valence-corrected chi connectivity index (χ2v) is 16.4. The molecule has 1 saturated heterocycles. The first-order valence-electron chi connectivity index (χ1n) is 20.7. The molecule has 8 rings (SSSR count). The lowest BCUT2D eigenvalue weighted by Gasteiger charge is -2.45. The number of hydrogen-bond donors (Lipinski definition) is 4. The standard InChI is InChI=1S/C50H46O13S/c1-2-64-50-47(60-28-33-21-13-6-14-22-33)46(59-27-32-19-11-5-12-20-32)45-38(62-50)29-61-48(55)34-23-36(51)43(57-25-30-15-7-3-8-16-30)41(53)39(34)40-35(49(56)63-45)24-37(52)44(42(40)54)58-26-31-17-9-4-10-18-31/h3-24,38,45-47,50-54H,2,25-29H2,1H3/t38-,45-,46+,47-,50+/m1/s1. The van der Waals surface area contributed by atoms with Crippen LogP contribution in [0.5, 0.6) is 34.5 Å². The number of phenols is 4. The first kappa shape index (κ1) is 43.9. The topological polar surface area (TPSA) is 180 Å². The Balaban J connectivity index is 1.26. The quantitative estimate of drug-likeness (QED) is 0.0763. The molecule has 1 fully saturated rings. The molecule has 2 heterocycles. The van der Waals surface area contributed by atoms with Crippen LogP contribution < -0.4 is 9.47 Å². The van der Waals surface area contributed by atoms with E-state index in [1.165, 1.54) is 11.8 Å². The van der Waals surface area contributed by atoms with Gasteiger partial charge in [0, 0.05) is 11.1 Å². The number of benzene rings is 6. The molecule has 13 nitrogen and oxygen atoms in total. The number of fused-ring (bicyclic) bond motifs is 4. The first-order valence-corrected chi connectivity index (χ1v) is 21.7. The van der Waals surface area contributed by atoms with Crippen molar-refractivity contribution in [1.29, 1.82) is 0 Å². The summed E-state index contributed by atoms with van der Waals surface area (Å²) in [5.41, 5.74) is 0.466. The Morgan fingerprint density at radius 1 is 0.578 bits per heavy atom. The molecule has 6 aromatic carbocycles. The third-order valence-electron chi connectivity index (χ3n) is 10.7. The summed E-state index contributed by atoms with van der Waals surface area (Å²) in [7, 11) is 0. The van der Waals surface area contributed by atoms with Crippen LogP contribution in [-0.4, -0.2) is 74.6 Å². The zero-order valence-electron chi connectivity index (χ0n) is 34.7. The van der Waals surface area contributed by atoms with Gasteiger partial charge in [-0.15, -0.1) is 11.8 Å². The molecule has 0 aliphatic carbocycles. The maximum atomic E-state index is 14.9. The van der Waals surface area contributed by atoms with Crippen LogP contribution in [0.3, 0.4) is 0 Å². The normalized spacial score (nSPS) is 19.5. The van der Waals surface area contributed by atoms with Crippen LogP contribution in [0.25, 0.3) is 11.1 Å². The molecule has 0 radical (unpaired) electrons. The zero-order valence-corrected chi connectivity index (χ0v) is 35.5. The van der Waals surface area contributed by atoms with Crippen molar-refractivity contribution in [2.45, 2.75) is 63.2 Å². The number of cyclic esters (lactones) is 1. The maximum absolute atomic E-state index is 14.9. The van der Waals surface area contributed by atoms with Crippen molar-refractivity contribution in [3.8, 4) is 45.6 Å². The average molecular weight is 887 g/mol. The monoisotopic (exact) mass is 886 g/mol. The van der Waals surface area contributed by atoms with E-state index >= 15 is 0 Å². The van der Waals surface area contributed by atoms with Crippen LogP contribution in [0, 0.1) is 0 Å². The fourth-order valence-corrected chi connectivity index (χ4v) is 8.59. The van der Waals surface area contributed by atoms with Gasteiger partial charge in [0.15, 0.2) is 29.1 Å². The van der Waals surface area contributed by atoms with Crippen molar-refractivity contribution in [1.82, 2.24) is 0 Å². The third kappa shape index (κ3) is 9.75. The fourth-order valence-electron chi connectivity index (χ4n) is 7.62. The summed E-state index contributed by atoms with van der Waals surface area (Å²) in [6.45, 7) is 1.45. The Kier molecular flexibility index (Phi) is 13.9. The number of carbonyl (C=O) groups excluding carboxylic acids is 2. The average Bonchev–Trinajstić information content (AvgIpc) is 3.32. The van der Waals surface area contributed by atoms with Gasteiger partial charge in [-0.1, -0.05) is 128 Å². The van der Waals surface area contributed by atoms with Crippen molar-refractivity contribution in [2.24, 2.45) is 0 Å². The number of hydrogen-bond acceptors (Lipinski definition) is 14. The number of phenolic OH excluding ortho intramolecular Hbond substituents is 4. The van der Waals surface area contributed by atoms with Gasteiger partial charge in [-0.05, 0) is 40.1 Å².